The standard InChI is InChI=1S/C22H25N3O4S/c1-15-13-16(2)22(17(3)14-15)30(26,27)23-11-12-29-21-10-9-20(24-25-21)18-5-7-19(28-4)8-6-18/h5-10,13-14,23H,11-12H2,1-4H3. The first-order chi connectivity index (χ1) is 14.3. The fourth-order valence-electron chi connectivity index (χ4n) is 3.31. The molecule has 0 bridgehead atoms. The molecule has 0 fully saturated rings. The van der Waals surface area contributed by atoms with Crippen LogP contribution in [-0.4, -0.2) is 38.9 Å². The van der Waals surface area contributed by atoms with Crippen molar-refractivity contribution in [3.05, 3.63) is 65.2 Å². The van der Waals surface area contributed by atoms with E-state index in [4.69, 9.17) is 9.47 Å². The molecule has 0 saturated heterocycles. The van der Waals surface area contributed by atoms with Gasteiger partial charge in [-0.15, -0.1) is 10.2 Å². The Morgan fingerprint density at radius 1 is 0.933 bits per heavy atom. The third-order valence-corrected chi connectivity index (χ3v) is 6.31. The van der Waals surface area contributed by atoms with Gasteiger partial charge >= 0.3 is 0 Å². The number of hydrogen-bond acceptors (Lipinski definition) is 6. The van der Waals surface area contributed by atoms with E-state index < -0.39 is 10.0 Å². The van der Waals surface area contributed by atoms with E-state index in [1.807, 2.05) is 43.3 Å². The maximum atomic E-state index is 12.6. The van der Waals surface area contributed by atoms with Gasteiger partial charge < -0.3 is 9.47 Å². The molecule has 0 saturated carbocycles. The van der Waals surface area contributed by atoms with Gasteiger partial charge in [-0.1, -0.05) is 17.7 Å². The van der Waals surface area contributed by atoms with Gasteiger partial charge in [0.05, 0.1) is 17.7 Å². The molecule has 3 rings (SSSR count). The molecular weight excluding hydrogens is 402 g/mol. The van der Waals surface area contributed by atoms with Crippen LogP contribution in [0, 0.1) is 20.8 Å². The van der Waals surface area contributed by atoms with Gasteiger partial charge in [0.25, 0.3) is 0 Å². The third kappa shape index (κ3) is 5.14. The first kappa shape index (κ1) is 21.7. The molecule has 0 atom stereocenters. The van der Waals surface area contributed by atoms with Crippen LogP contribution in [0.5, 0.6) is 11.6 Å². The van der Waals surface area contributed by atoms with Crippen LogP contribution in [0.3, 0.4) is 0 Å². The van der Waals surface area contributed by atoms with Crippen LogP contribution in [0.25, 0.3) is 11.3 Å². The van der Waals surface area contributed by atoms with E-state index in [1.165, 1.54) is 0 Å². The lowest BCUT2D eigenvalue weighted by Gasteiger charge is -2.13. The molecule has 2 aromatic carbocycles. The largest absolute Gasteiger partial charge is 0.497 e. The van der Waals surface area contributed by atoms with E-state index in [1.54, 1.807) is 33.1 Å². The molecule has 1 aromatic heterocycles. The number of sulfonamides is 1. The van der Waals surface area contributed by atoms with E-state index in [0.29, 0.717) is 16.5 Å². The Bertz CT molecular complexity index is 1090. The van der Waals surface area contributed by atoms with Crippen molar-refractivity contribution >= 4 is 10.0 Å². The summed E-state index contributed by atoms with van der Waals surface area (Å²) in [4.78, 5) is 0.316. The van der Waals surface area contributed by atoms with E-state index >= 15 is 0 Å². The Labute approximate surface area is 177 Å². The van der Waals surface area contributed by atoms with Gasteiger partial charge in [-0.2, -0.15) is 0 Å². The van der Waals surface area contributed by atoms with Crippen molar-refractivity contribution in [2.75, 3.05) is 20.3 Å². The SMILES string of the molecule is COc1ccc(-c2ccc(OCCNS(=O)(=O)c3c(C)cc(C)cc3C)nn2)cc1. The summed E-state index contributed by atoms with van der Waals surface area (Å²) < 4.78 is 38.5. The number of methoxy groups -OCH3 is 1. The Balaban J connectivity index is 1.56. The highest BCUT2D eigenvalue weighted by molar-refractivity contribution is 7.89. The first-order valence-corrected chi connectivity index (χ1v) is 11.0. The minimum atomic E-state index is -3.62. The van der Waals surface area contributed by atoms with Crippen molar-refractivity contribution < 1.29 is 17.9 Å². The van der Waals surface area contributed by atoms with Crippen LogP contribution < -0.4 is 14.2 Å². The van der Waals surface area contributed by atoms with Gasteiger partial charge in [-0.3, -0.25) is 0 Å². The molecule has 7 nitrogen and oxygen atoms in total. The fourth-order valence-corrected chi connectivity index (χ4v) is 4.77. The molecule has 0 aliphatic carbocycles. The molecule has 0 aliphatic rings. The summed E-state index contributed by atoms with van der Waals surface area (Å²) in [6, 6.07) is 14.7. The second kappa shape index (κ2) is 9.23. The minimum absolute atomic E-state index is 0.122. The number of hydrogen-bond donors (Lipinski definition) is 1. The Morgan fingerprint density at radius 3 is 2.17 bits per heavy atom. The summed E-state index contributed by atoms with van der Waals surface area (Å²) in [6.45, 7) is 5.80. The van der Waals surface area contributed by atoms with Crippen LogP contribution in [0.4, 0.5) is 0 Å². The lowest BCUT2D eigenvalue weighted by atomic mass is 10.1. The van der Waals surface area contributed by atoms with Gasteiger partial charge in [0.1, 0.15) is 12.4 Å². The van der Waals surface area contributed by atoms with Crippen molar-refractivity contribution in [2.24, 2.45) is 0 Å². The van der Waals surface area contributed by atoms with Gasteiger partial charge in [0.2, 0.25) is 15.9 Å². The zero-order chi connectivity index (χ0) is 21.7. The second-order valence-corrected chi connectivity index (χ2v) is 8.66. The Morgan fingerprint density at radius 2 is 1.60 bits per heavy atom. The summed E-state index contributed by atoms with van der Waals surface area (Å²) >= 11 is 0. The molecule has 0 radical (unpaired) electrons. The second-order valence-electron chi connectivity index (χ2n) is 6.96. The molecule has 1 heterocycles. The Kier molecular flexibility index (Phi) is 6.69. The van der Waals surface area contributed by atoms with E-state index in [-0.39, 0.29) is 13.2 Å². The average molecular weight is 428 g/mol. The molecule has 0 unspecified atom stereocenters. The highest BCUT2D eigenvalue weighted by Crippen LogP contribution is 2.22. The molecule has 0 aliphatic heterocycles. The van der Waals surface area contributed by atoms with Crippen molar-refractivity contribution in [3.63, 3.8) is 0 Å². The molecule has 0 spiro atoms. The fraction of sp³-hybridized carbons (Fsp3) is 0.273. The van der Waals surface area contributed by atoms with Crippen molar-refractivity contribution in [3.8, 4) is 22.9 Å². The van der Waals surface area contributed by atoms with Gasteiger partial charge in [0, 0.05) is 18.2 Å². The topological polar surface area (TPSA) is 90.4 Å². The summed E-state index contributed by atoms with van der Waals surface area (Å²) in [6.07, 6.45) is 0. The van der Waals surface area contributed by atoms with Crippen LogP contribution in [0.15, 0.2) is 53.4 Å². The molecular formula is C22H25N3O4S. The number of nitrogens with one attached hydrogen (secondary N) is 1. The lowest BCUT2D eigenvalue weighted by molar-refractivity contribution is 0.307. The normalized spacial score (nSPS) is 11.3. The molecule has 158 valence electrons. The summed E-state index contributed by atoms with van der Waals surface area (Å²) in [5.74, 6) is 1.10. The number of rotatable bonds is 8. The van der Waals surface area contributed by atoms with Crippen LogP contribution >= 0.6 is 0 Å². The highest BCUT2D eigenvalue weighted by Gasteiger charge is 2.19. The predicted octanol–water partition coefficient (Wildman–Crippen LogP) is 3.43. The molecule has 8 heteroatoms. The first-order valence-electron chi connectivity index (χ1n) is 9.48. The maximum absolute atomic E-state index is 12.6. The summed E-state index contributed by atoms with van der Waals surface area (Å²) in [7, 11) is -2.00. The lowest BCUT2D eigenvalue weighted by Crippen LogP contribution is -2.29. The van der Waals surface area contributed by atoms with E-state index in [2.05, 4.69) is 14.9 Å². The minimum Gasteiger partial charge on any atom is -0.497 e. The van der Waals surface area contributed by atoms with Gasteiger partial charge in [-0.25, -0.2) is 13.1 Å². The number of ether oxygens (including phenoxy) is 2. The van der Waals surface area contributed by atoms with Crippen molar-refractivity contribution in [2.45, 2.75) is 25.7 Å². The molecule has 3 aromatic rings. The maximum Gasteiger partial charge on any atom is 0.241 e. The van der Waals surface area contributed by atoms with Crippen molar-refractivity contribution in [1.29, 1.82) is 0 Å². The van der Waals surface area contributed by atoms with Crippen LogP contribution in [-0.2, 0) is 10.0 Å². The van der Waals surface area contributed by atoms with E-state index in [9.17, 15) is 8.42 Å². The summed E-state index contributed by atoms with van der Waals surface area (Å²) in [5.41, 5.74) is 4.09. The molecule has 0 amide bonds. The zero-order valence-electron chi connectivity index (χ0n) is 17.5. The zero-order valence-corrected chi connectivity index (χ0v) is 18.3. The van der Waals surface area contributed by atoms with Crippen molar-refractivity contribution in [1.82, 2.24) is 14.9 Å². The van der Waals surface area contributed by atoms with Crippen LogP contribution in [0.1, 0.15) is 16.7 Å². The smallest absolute Gasteiger partial charge is 0.241 e. The van der Waals surface area contributed by atoms with Gasteiger partial charge in [0.15, 0.2) is 0 Å². The quantitative estimate of drug-likeness (QED) is 0.554. The third-order valence-electron chi connectivity index (χ3n) is 4.54. The molecule has 1 N–H and O–H groups in total. The number of nitrogens with zero attached hydrogens (tertiary/aromatic N) is 2. The van der Waals surface area contributed by atoms with Crippen LogP contribution in [0.2, 0.25) is 0 Å². The number of aromatic nitrogens is 2. The number of aryl methyl sites for hydroxylation is 3. The Hall–Kier alpha value is -2.97. The summed E-state index contributed by atoms with van der Waals surface area (Å²) in [5, 5.41) is 8.20. The monoisotopic (exact) mass is 427 g/mol. The molecule has 30 heavy (non-hydrogen) atoms. The van der Waals surface area contributed by atoms with Gasteiger partial charge in [-0.05, 0) is 62.2 Å². The average Bonchev–Trinajstić information content (AvgIpc) is 2.71. The van der Waals surface area contributed by atoms with E-state index in [0.717, 1.165) is 28.0 Å². The number of benzene rings is 2. The predicted molar refractivity (Wildman–Crippen MR) is 115 cm³/mol. The highest BCUT2D eigenvalue weighted by atomic mass is 32.2.